The Bertz CT molecular complexity index is 1940. The number of nitrogens with two attached hydrogens (primary N) is 1. The van der Waals surface area contributed by atoms with Crippen molar-refractivity contribution >= 4 is 37.5 Å². The van der Waals surface area contributed by atoms with Gasteiger partial charge < -0.3 is 29.7 Å². The van der Waals surface area contributed by atoms with Crippen molar-refractivity contribution in [1.82, 2.24) is 25.3 Å². The summed E-state index contributed by atoms with van der Waals surface area (Å²) in [6, 6.07) is 16.6. The first-order chi connectivity index (χ1) is 23.1. The maximum absolute atomic E-state index is 13.6. The van der Waals surface area contributed by atoms with Gasteiger partial charge in [0, 0.05) is 6.54 Å². The summed E-state index contributed by atoms with van der Waals surface area (Å²) in [5.41, 5.74) is 2.54. The average Bonchev–Trinajstić information content (AvgIpc) is 3.72. The number of hydrogen-bond acceptors (Lipinski definition) is 12. The molecular formula is C31H33FN6O8S2. The average molecular weight is 701 g/mol. The van der Waals surface area contributed by atoms with Gasteiger partial charge in [0.15, 0.2) is 0 Å². The second-order valence-electron chi connectivity index (χ2n) is 10.7. The molecule has 0 radical (unpaired) electrons. The first kappa shape index (κ1) is 34.8. The largest absolute Gasteiger partial charge is 0.491 e. The van der Waals surface area contributed by atoms with Crippen LogP contribution >= 0.6 is 11.3 Å². The molecule has 2 aromatic heterocycles. The third kappa shape index (κ3) is 9.75. The van der Waals surface area contributed by atoms with Gasteiger partial charge in [0.05, 0.1) is 42.3 Å². The number of aliphatic hydroxyl groups is 1. The maximum Gasteiger partial charge on any atom is 0.323 e. The number of primary sulfonamides is 1. The van der Waals surface area contributed by atoms with Crippen molar-refractivity contribution in [2.45, 2.75) is 36.1 Å². The SMILES string of the molecule is NS(=O)(=O)c1nc2ccc(OCc3cn([C@H](CN[C@@H](COCc4cccc(OCCO)c4)C(=O)O)Cc4ccc(F)cc4)nn3)cc2s1. The number of fused-ring (bicyclic) bond motifs is 1. The third-order valence-corrected chi connectivity index (χ3v) is 9.33. The summed E-state index contributed by atoms with van der Waals surface area (Å²) in [6.07, 6.45) is 2.07. The van der Waals surface area contributed by atoms with Gasteiger partial charge in [-0.15, -0.1) is 16.4 Å². The minimum atomic E-state index is -3.93. The Labute approximate surface area is 278 Å². The molecule has 5 rings (SSSR count). The highest BCUT2D eigenvalue weighted by atomic mass is 32.2. The zero-order chi connectivity index (χ0) is 34.1. The third-order valence-electron chi connectivity index (χ3n) is 7.00. The summed E-state index contributed by atoms with van der Waals surface area (Å²) in [7, 11) is -3.93. The van der Waals surface area contributed by atoms with Gasteiger partial charge in [-0.25, -0.2) is 27.6 Å². The predicted octanol–water partition coefficient (Wildman–Crippen LogP) is 2.67. The number of carbonyl (C=O) groups is 1. The molecule has 14 nitrogen and oxygen atoms in total. The van der Waals surface area contributed by atoms with E-state index in [0.29, 0.717) is 33.8 Å². The second kappa shape index (κ2) is 16.1. The van der Waals surface area contributed by atoms with E-state index in [2.05, 4.69) is 20.6 Å². The van der Waals surface area contributed by atoms with Crippen LogP contribution in [0.15, 0.2) is 77.3 Å². The number of halogens is 1. The van der Waals surface area contributed by atoms with Crippen LogP contribution in [-0.4, -0.2) is 77.0 Å². The zero-order valence-corrected chi connectivity index (χ0v) is 27.1. The van der Waals surface area contributed by atoms with E-state index in [4.69, 9.17) is 24.5 Å². The Hall–Kier alpha value is -4.52. The van der Waals surface area contributed by atoms with Gasteiger partial charge in [-0.1, -0.05) is 29.5 Å². The van der Waals surface area contributed by atoms with Gasteiger partial charge in [-0.3, -0.25) is 4.79 Å². The van der Waals surface area contributed by atoms with Crippen LogP contribution in [0.2, 0.25) is 0 Å². The van der Waals surface area contributed by atoms with Crippen molar-refractivity contribution in [3.05, 3.63) is 95.6 Å². The van der Waals surface area contributed by atoms with Crippen LogP contribution in [0.5, 0.6) is 11.5 Å². The molecule has 0 amide bonds. The summed E-state index contributed by atoms with van der Waals surface area (Å²) in [5.74, 6) is -0.448. The standard InChI is InChI=1S/C31H33FN6O8S2/c32-22-6-4-20(5-7-22)12-24(15-34-28(30(40)41)19-44-17-21-2-1-3-25(13-21)45-11-10-39)38-16-23(36-37-38)18-46-26-8-9-27-29(14-26)47-31(35-27)48(33,42)43/h1-9,13-14,16,24,28,34,39H,10-12,15,17-19H2,(H,40,41)(H2,33,42,43)/t24-,28-/m0/s1. The van der Waals surface area contributed by atoms with Crippen molar-refractivity contribution < 1.29 is 42.0 Å². The number of carboxylic acids is 1. The van der Waals surface area contributed by atoms with E-state index in [1.165, 1.54) is 12.1 Å². The van der Waals surface area contributed by atoms with Crippen LogP contribution in [0.4, 0.5) is 4.39 Å². The monoisotopic (exact) mass is 700 g/mol. The second-order valence-corrected chi connectivity index (χ2v) is 13.4. The molecule has 48 heavy (non-hydrogen) atoms. The quantitative estimate of drug-likeness (QED) is 0.104. The molecule has 0 bridgehead atoms. The number of carboxylic acid groups (broad SMARTS) is 1. The molecule has 0 aliphatic heterocycles. The van der Waals surface area contributed by atoms with Gasteiger partial charge in [0.2, 0.25) is 4.34 Å². The van der Waals surface area contributed by atoms with Crippen LogP contribution < -0.4 is 19.9 Å². The van der Waals surface area contributed by atoms with Gasteiger partial charge in [-0.2, -0.15) is 0 Å². The molecule has 2 heterocycles. The van der Waals surface area contributed by atoms with Crippen molar-refractivity contribution in [2.24, 2.45) is 5.14 Å². The lowest BCUT2D eigenvalue weighted by molar-refractivity contribution is -0.141. The molecule has 254 valence electrons. The Morgan fingerprint density at radius 1 is 1.04 bits per heavy atom. The van der Waals surface area contributed by atoms with Crippen molar-refractivity contribution in [3.8, 4) is 11.5 Å². The van der Waals surface area contributed by atoms with Gasteiger partial charge in [-0.05, 0) is 60.0 Å². The van der Waals surface area contributed by atoms with E-state index in [9.17, 15) is 22.7 Å². The molecule has 0 saturated heterocycles. The first-order valence-corrected chi connectivity index (χ1v) is 17.0. The van der Waals surface area contributed by atoms with Crippen LogP contribution in [0.25, 0.3) is 10.2 Å². The van der Waals surface area contributed by atoms with E-state index in [1.54, 1.807) is 59.4 Å². The number of sulfonamides is 1. The van der Waals surface area contributed by atoms with Crippen LogP contribution in [0.3, 0.4) is 0 Å². The highest BCUT2D eigenvalue weighted by Gasteiger charge is 2.22. The minimum absolute atomic E-state index is 0.0425. The van der Waals surface area contributed by atoms with Crippen LogP contribution in [-0.2, 0) is 39.2 Å². The lowest BCUT2D eigenvalue weighted by Gasteiger charge is -2.21. The smallest absolute Gasteiger partial charge is 0.323 e. The normalized spacial score (nSPS) is 13.0. The fourth-order valence-corrected chi connectivity index (χ4v) is 6.33. The number of nitrogens with one attached hydrogen (secondary N) is 1. The highest BCUT2D eigenvalue weighted by Crippen LogP contribution is 2.28. The number of ether oxygens (including phenoxy) is 3. The molecule has 0 spiro atoms. The summed E-state index contributed by atoms with van der Waals surface area (Å²) >= 11 is 0.936. The fourth-order valence-electron chi connectivity index (χ4n) is 4.64. The molecule has 0 aliphatic rings. The van der Waals surface area contributed by atoms with Crippen LogP contribution in [0.1, 0.15) is 22.9 Å². The lowest BCUT2D eigenvalue weighted by atomic mass is 10.1. The zero-order valence-electron chi connectivity index (χ0n) is 25.4. The number of aliphatic hydroxyl groups excluding tert-OH is 1. The van der Waals surface area contributed by atoms with E-state index in [0.717, 1.165) is 22.5 Å². The molecule has 2 atom stereocenters. The molecular weight excluding hydrogens is 668 g/mol. The summed E-state index contributed by atoms with van der Waals surface area (Å²) in [4.78, 5) is 16.1. The number of aromatic nitrogens is 4. The van der Waals surface area contributed by atoms with Gasteiger partial charge in [0.1, 0.15) is 42.3 Å². The number of aliphatic carboxylic acids is 1. The number of nitrogens with zero attached hydrogens (tertiary/aromatic N) is 4. The molecule has 5 N–H and O–H groups in total. The van der Waals surface area contributed by atoms with Crippen molar-refractivity contribution in [1.29, 1.82) is 0 Å². The number of hydrogen-bond donors (Lipinski definition) is 4. The number of rotatable bonds is 18. The Morgan fingerprint density at radius 2 is 1.83 bits per heavy atom. The molecule has 0 aliphatic carbocycles. The minimum Gasteiger partial charge on any atom is -0.491 e. The van der Waals surface area contributed by atoms with Crippen molar-refractivity contribution in [2.75, 3.05) is 26.4 Å². The fraction of sp³-hybridized carbons (Fsp3) is 0.290. The van der Waals surface area contributed by atoms with E-state index in [-0.39, 0.29) is 49.7 Å². The summed E-state index contributed by atoms with van der Waals surface area (Å²) < 4.78 is 55.9. The number of benzene rings is 3. The predicted molar refractivity (Wildman–Crippen MR) is 173 cm³/mol. The molecule has 5 aromatic rings. The first-order valence-electron chi connectivity index (χ1n) is 14.7. The lowest BCUT2D eigenvalue weighted by Crippen LogP contribution is -2.43. The number of thiazole rings is 1. The van der Waals surface area contributed by atoms with Gasteiger partial charge >= 0.3 is 5.97 Å². The Balaban J connectivity index is 1.23. The van der Waals surface area contributed by atoms with E-state index in [1.807, 2.05) is 6.07 Å². The summed E-state index contributed by atoms with van der Waals surface area (Å²) in [6.45, 7) is 0.277. The Kier molecular flexibility index (Phi) is 11.6. The van der Waals surface area contributed by atoms with E-state index < -0.39 is 28.1 Å². The van der Waals surface area contributed by atoms with Crippen LogP contribution in [0, 0.1) is 5.82 Å². The van der Waals surface area contributed by atoms with E-state index >= 15 is 0 Å². The van der Waals surface area contributed by atoms with Crippen molar-refractivity contribution in [3.63, 3.8) is 0 Å². The summed E-state index contributed by atoms with van der Waals surface area (Å²) in [5, 5.41) is 35.5. The molecule has 17 heteroatoms. The molecule has 0 unspecified atom stereocenters. The maximum atomic E-state index is 13.6. The van der Waals surface area contributed by atoms with Gasteiger partial charge in [0.25, 0.3) is 10.0 Å². The Morgan fingerprint density at radius 3 is 2.58 bits per heavy atom. The highest BCUT2D eigenvalue weighted by molar-refractivity contribution is 7.91. The molecule has 0 saturated carbocycles. The molecule has 3 aromatic carbocycles. The topological polar surface area (TPSA) is 201 Å². The molecule has 0 fully saturated rings.